The largest absolute Gasteiger partial charge is 0.353 e. The molecule has 0 unspecified atom stereocenters. The number of carbonyl (C=O) groups is 2. The number of rotatable bonds is 4. The lowest BCUT2D eigenvalue weighted by atomic mass is 10.00. The predicted octanol–water partition coefficient (Wildman–Crippen LogP) is 0.631. The molecule has 2 aliphatic rings. The number of nitrogens with one attached hydrogen (secondary N) is 1. The number of likely N-dealkylation sites (tertiary alicyclic amines) is 1. The first-order valence-electron chi connectivity index (χ1n) is 7.22. The van der Waals surface area contributed by atoms with Crippen molar-refractivity contribution in [2.24, 2.45) is 11.7 Å². The fraction of sp³-hybridized carbons (Fsp3) is 0.857. The van der Waals surface area contributed by atoms with Crippen LogP contribution in [0.1, 0.15) is 46.0 Å². The molecule has 1 aliphatic carbocycles. The van der Waals surface area contributed by atoms with Gasteiger partial charge >= 0.3 is 0 Å². The van der Waals surface area contributed by atoms with Gasteiger partial charge in [0.2, 0.25) is 11.8 Å². The Balaban J connectivity index is 1.71. The zero-order chi connectivity index (χ0) is 14.0. The van der Waals surface area contributed by atoms with Crippen molar-refractivity contribution in [3.8, 4) is 0 Å². The van der Waals surface area contributed by atoms with Gasteiger partial charge in [0.25, 0.3) is 0 Å². The van der Waals surface area contributed by atoms with Crippen molar-refractivity contribution in [3.05, 3.63) is 0 Å². The van der Waals surface area contributed by atoms with Crippen molar-refractivity contribution < 1.29 is 9.59 Å². The molecular weight excluding hydrogens is 242 g/mol. The van der Waals surface area contributed by atoms with E-state index in [1.807, 2.05) is 18.7 Å². The molecule has 5 heteroatoms. The van der Waals surface area contributed by atoms with Crippen LogP contribution < -0.4 is 11.1 Å². The van der Waals surface area contributed by atoms with Gasteiger partial charge in [0.15, 0.2) is 0 Å². The molecule has 0 radical (unpaired) electrons. The molecule has 1 aliphatic heterocycles. The summed E-state index contributed by atoms with van der Waals surface area (Å²) < 4.78 is 0. The molecule has 0 aromatic rings. The van der Waals surface area contributed by atoms with E-state index in [2.05, 4.69) is 5.32 Å². The maximum absolute atomic E-state index is 11.9. The van der Waals surface area contributed by atoms with Gasteiger partial charge in [-0.3, -0.25) is 9.59 Å². The zero-order valence-corrected chi connectivity index (χ0v) is 11.9. The maximum Gasteiger partial charge on any atom is 0.225 e. The van der Waals surface area contributed by atoms with Crippen molar-refractivity contribution in [2.45, 2.75) is 57.5 Å². The molecular formula is C14H25N3O2. The molecule has 0 spiro atoms. The molecule has 0 atom stereocenters. The van der Waals surface area contributed by atoms with Gasteiger partial charge in [-0.25, -0.2) is 0 Å². The molecule has 0 bridgehead atoms. The fourth-order valence-corrected chi connectivity index (χ4v) is 2.53. The van der Waals surface area contributed by atoms with Crippen molar-refractivity contribution in [2.75, 3.05) is 13.1 Å². The number of nitrogens with zero attached hydrogens (tertiary/aromatic N) is 1. The van der Waals surface area contributed by atoms with Gasteiger partial charge in [-0.2, -0.15) is 0 Å². The Morgan fingerprint density at radius 1 is 1.21 bits per heavy atom. The van der Waals surface area contributed by atoms with Gasteiger partial charge < -0.3 is 16.0 Å². The Morgan fingerprint density at radius 3 is 2.26 bits per heavy atom. The van der Waals surface area contributed by atoms with Crippen LogP contribution in [-0.2, 0) is 9.59 Å². The smallest absolute Gasteiger partial charge is 0.225 e. The first-order valence-corrected chi connectivity index (χ1v) is 7.22. The van der Waals surface area contributed by atoms with Crippen molar-refractivity contribution >= 4 is 11.8 Å². The van der Waals surface area contributed by atoms with Crippen LogP contribution in [0, 0.1) is 5.92 Å². The topological polar surface area (TPSA) is 75.4 Å². The lowest BCUT2D eigenvalue weighted by Crippen LogP contribution is -2.48. The van der Waals surface area contributed by atoms with Crippen molar-refractivity contribution in [1.29, 1.82) is 0 Å². The molecule has 1 saturated heterocycles. The zero-order valence-electron chi connectivity index (χ0n) is 11.9. The Kier molecular flexibility index (Phi) is 4.13. The lowest BCUT2D eigenvalue weighted by molar-refractivity contribution is -0.133. The molecule has 2 rings (SSSR count). The molecule has 108 valence electrons. The van der Waals surface area contributed by atoms with E-state index >= 15 is 0 Å². The highest BCUT2D eigenvalue weighted by molar-refractivity contribution is 5.81. The van der Waals surface area contributed by atoms with Crippen LogP contribution in [0.25, 0.3) is 0 Å². The summed E-state index contributed by atoms with van der Waals surface area (Å²) in [7, 11) is 0. The van der Waals surface area contributed by atoms with Crippen molar-refractivity contribution in [1.82, 2.24) is 10.2 Å². The van der Waals surface area contributed by atoms with Gasteiger partial charge in [0.05, 0.1) is 0 Å². The van der Waals surface area contributed by atoms with Crippen LogP contribution in [0.5, 0.6) is 0 Å². The summed E-state index contributed by atoms with van der Waals surface area (Å²) in [6.45, 7) is 5.24. The van der Waals surface area contributed by atoms with E-state index < -0.39 is 5.54 Å². The highest BCUT2D eigenvalue weighted by Crippen LogP contribution is 2.31. The van der Waals surface area contributed by atoms with E-state index in [1.54, 1.807) is 0 Å². The second kappa shape index (κ2) is 5.49. The number of hydrogen-bond acceptors (Lipinski definition) is 3. The van der Waals surface area contributed by atoms with Crippen LogP contribution in [0.2, 0.25) is 0 Å². The average molecular weight is 267 g/mol. The molecule has 3 N–H and O–H groups in total. The minimum Gasteiger partial charge on any atom is -0.353 e. The summed E-state index contributed by atoms with van der Waals surface area (Å²) in [5.41, 5.74) is 5.36. The van der Waals surface area contributed by atoms with E-state index in [9.17, 15) is 9.59 Å². The second-order valence-electron chi connectivity index (χ2n) is 6.61. The quantitative estimate of drug-likeness (QED) is 0.784. The van der Waals surface area contributed by atoms with E-state index in [4.69, 9.17) is 5.73 Å². The molecule has 2 fully saturated rings. The molecule has 0 aromatic heterocycles. The number of nitrogens with two attached hydrogens (primary N) is 1. The van der Waals surface area contributed by atoms with Crippen LogP contribution in [0.3, 0.4) is 0 Å². The average Bonchev–Trinajstić information content (AvgIpc) is 3.10. The lowest BCUT2D eigenvalue weighted by Gasteiger charge is -2.33. The number of hydrogen-bond donors (Lipinski definition) is 2. The standard InChI is InChI=1S/C14H25N3O2/c1-14(2,15)9-12(18)16-11-5-7-17(8-6-11)13(19)10-3-4-10/h10-11H,3-9,15H2,1-2H3,(H,16,18). The Hall–Kier alpha value is -1.10. The summed E-state index contributed by atoms with van der Waals surface area (Å²) in [5, 5.41) is 3.02. The summed E-state index contributed by atoms with van der Waals surface area (Å²) in [6.07, 6.45) is 4.17. The van der Waals surface area contributed by atoms with E-state index in [1.165, 1.54) is 0 Å². The first kappa shape index (κ1) is 14.3. The molecule has 5 nitrogen and oxygen atoms in total. The van der Waals surface area contributed by atoms with Crippen LogP contribution >= 0.6 is 0 Å². The third-order valence-corrected chi connectivity index (χ3v) is 3.71. The predicted molar refractivity (Wildman–Crippen MR) is 73.4 cm³/mol. The third kappa shape index (κ3) is 4.49. The number of carbonyl (C=O) groups excluding carboxylic acids is 2. The van der Waals surface area contributed by atoms with Crippen molar-refractivity contribution in [3.63, 3.8) is 0 Å². The second-order valence-corrected chi connectivity index (χ2v) is 6.61. The number of amides is 2. The summed E-state index contributed by atoms with van der Waals surface area (Å²) in [6, 6.07) is 0.193. The first-order chi connectivity index (χ1) is 8.85. The van der Waals surface area contributed by atoms with Gasteiger partial charge in [0, 0.05) is 37.0 Å². The van der Waals surface area contributed by atoms with Crippen LogP contribution in [-0.4, -0.2) is 41.4 Å². The Bertz CT molecular complexity index is 350. The van der Waals surface area contributed by atoms with E-state index in [0.717, 1.165) is 38.8 Å². The van der Waals surface area contributed by atoms with Crippen LogP contribution in [0.4, 0.5) is 0 Å². The summed E-state index contributed by atoms with van der Waals surface area (Å²) in [5.74, 6) is 0.622. The normalized spacial score (nSPS) is 21.3. The van der Waals surface area contributed by atoms with E-state index in [0.29, 0.717) is 18.2 Å². The monoisotopic (exact) mass is 267 g/mol. The Labute approximate surface area is 114 Å². The number of piperidine rings is 1. The molecule has 1 heterocycles. The highest BCUT2D eigenvalue weighted by Gasteiger charge is 2.35. The maximum atomic E-state index is 11.9. The van der Waals surface area contributed by atoms with Crippen LogP contribution in [0.15, 0.2) is 0 Å². The Morgan fingerprint density at radius 2 is 1.79 bits per heavy atom. The fourth-order valence-electron chi connectivity index (χ4n) is 2.53. The van der Waals surface area contributed by atoms with Gasteiger partial charge in [0.1, 0.15) is 0 Å². The molecule has 1 saturated carbocycles. The minimum absolute atomic E-state index is 0.0134. The minimum atomic E-state index is -0.466. The molecule has 19 heavy (non-hydrogen) atoms. The molecule has 2 amide bonds. The SMILES string of the molecule is CC(C)(N)CC(=O)NC1CCN(C(=O)C2CC2)CC1. The molecule has 0 aromatic carbocycles. The van der Waals surface area contributed by atoms with E-state index in [-0.39, 0.29) is 11.9 Å². The third-order valence-electron chi connectivity index (χ3n) is 3.71. The summed E-state index contributed by atoms with van der Waals surface area (Å²) >= 11 is 0. The van der Waals surface area contributed by atoms with Gasteiger partial charge in [-0.15, -0.1) is 0 Å². The highest BCUT2D eigenvalue weighted by atomic mass is 16.2. The summed E-state index contributed by atoms with van der Waals surface area (Å²) in [4.78, 5) is 25.6. The van der Waals surface area contributed by atoms with Gasteiger partial charge in [-0.1, -0.05) is 0 Å². The van der Waals surface area contributed by atoms with Gasteiger partial charge in [-0.05, 0) is 39.5 Å².